The minimum atomic E-state index is -0.585. The number of hydrazine groups is 1. The van der Waals surface area contributed by atoms with E-state index in [4.69, 9.17) is 0 Å². The van der Waals surface area contributed by atoms with Crippen molar-refractivity contribution in [2.75, 3.05) is 5.01 Å². The largest absolute Gasteiger partial charge is 0.299 e. The Labute approximate surface area is 95.2 Å². The maximum absolute atomic E-state index is 10.7. The molecule has 0 saturated carbocycles. The predicted octanol–water partition coefficient (Wildman–Crippen LogP) is 1.97. The molecule has 5 nitrogen and oxygen atoms in total. The zero-order chi connectivity index (χ0) is 10.8. The SMILES string of the molecule is Cc1c(Br)cccc1N1NN=NC1C=O. The van der Waals surface area contributed by atoms with Crippen LogP contribution in [0.5, 0.6) is 0 Å². The molecule has 0 spiro atoms. The number of aldehydes is 1. The van der Waals surface area contributed by atoms with Crippen LogP contribution in [-0.2, 0) is 4.79 Å². The van der Waals surface area contributed by atoms with Gasteiger partial charge in [0.05, 0.1) is 5.69 Å². The van der Waals surface area contributed by atoms with E-state index in [0.717, 1.165) is 22.0 Å². The van der Waals surface area contributed by atoms with E-state index in [1.807, 2.05) is 25.1 Å². The second-order valence-corrected chi connectivity index (χ2v) is 3.97. The van der Waals surface area contributed by atoms with Gasteiger partial charge in [-0.05, 0) is 24.6 Å². The van der Waals surface area contributed by atoms with Crippen LogP contribution < -0.4 is 10.5 Å². The highest BCUT2D eigenvalue weighted by atomic mass is 79.9. The third-order valence-corrected chi connectivity index (χ3v) is 3.07. The molecule has 15 heavy (non-hydrogen) atoms. The van der Waals surface area contributed by atoms with E-state index in [1.165, 1.54) is 0 Å². The van der Waals surface area contributed by atoms with Crippen molar-refractivity contribution in [1.82, 2.24) is 5.53 Å². The summed E-state index contributed by atoms with van der Waals surface area (Å²) in [4.78, 5) is 10.7. The Hall–Kier alpha value is -1.43. The number of rotatable bonds is 2. The van der Waals surface area contributed by atoms with Gasteiger partial charge in [0.25, 0.3) is 0 Å². The number of anilines is 1. The summed E-state index contributed by atoms with van der Waals surface area (Å²) in [5, 5.41) is 8.98. The molecule has 0 radical (unpaired) electrons. The minimum Gasteiger partial charge on any atom is -0.299 e. The summed E-state index contributed by atoms with van der Waals surface area (Å²) in [6.07, 6.45) is 0.155. The van der Waals surface area contributed by atoms with Crippen LogP contribution in [0.1, 0.15) is 5.56 Å². The summed E-state index contributed by atoms with van der Waals surface area (Å²) < 4.78 is 0.985. The number of carbonyl (C=O) groups is 1. The van der Waals surface area contributed by atoms with Crippen molar-refractivity contribution in [3.63, 3.8) is 0 Å². The average Bonchev–Trinajstić information content (AvgIpc) is 2.70. The quantitative estimate of drug-likeness (QED) is 0.835. The van der Waals surface area contributed by atoms with Crippen LogP contribution in [0.4, 0.5) is 5.69 Å². The van der Waals surface area contributed by atoms with E-state index < -0.39 is 6.17 Å². The van der Waals surface area contributed by atoms with Crippen molar-refractivity contribution >= 4 is 27.9 Å². The van der Waals surface area contributed by atoms with Gasteiger partial charge in [-0.2, -0.15) is 5.53 Å². The van der Waals surface area contributed by atoms with Crippen molar-refractivity contribution in [2.24, 2.45) is 10.3 Å². The summed E-state index contributed by atoms with van der Waals surface area (Å²) in [7, 11) is 0. The average molecular weight is 269 g/mol. The maximum atomic E-state index is 10.7. The molecule has 0 saturated heterocycles. The van der Waals surface area contributed by atoms with Gasteiger partial charge in [0.15, 0.2) is 6.29 Å². The highest BCUT2D eigenvalue weighted by Crippen LogP contribution is 2.28. The maximum Gasteiger partial charge on any atom is 0.219 e. The number of hydrogen-bond acceptors (Lipinski definition) is 5. The van der Waals surface area contributed by atoms with Crippen LogP contribution >= 0.6 is 15.9 Å². The molecule has 1 aliphatic heterocycles. The van der Waals surface area contributed by atoms with Gasteiger partial charge in [0, 0.05) is 4.47 Å². The summed E-state index contributed by atoms with van der Waals surface area (Å²) in [5.41, 5.74) is 4.59. The molecule has 0 bridgehead atoms. The predicted molar refractivity (Wildman–Crippen MR) is 59.2 cm³/mol. The van der Waals surface area contributed by atoms with E-state index >= 15 is 0 Å². The van der Waals surface area contributed by atoms with E-state index in [1.54, 1.807) is 5.01 Å². The van der Waals surface area contributed by atoms with Gasteiger partial charge in [-0.3, -0.25) is 4.79 Å². The smallest absolute Gasteiger partial charge is 0.219 e. The van der Waals surface area contributed by atoms with Gasteiger partial charge in [-0.1, -0.05) is 27.2 Å². The monoisotopic (exact) mass is 268 g/mol. The highest BCUT2D eigenvalue weighted by Gasteiger charge is 2.23. The second kappa shape index (κ2) is 3.98. The molecule has 0 fully saturated rings. The van der Waals surface area contributed by atoms with Gasteiger partial charge < -0.3 is 0 Å². The molecule has 2 rings (SSSR count). The third kappa shape index (κ3) is 1.72. The standard InChI is InChI=1S/C9H9BrN4O/c1-6-7(10)3-2-4-8(6)14-9(5-15)11-12-13-14/h2-5,9H,1H3,(H,11,13). The highest BCUT2D eigenvalue weighted by molar-refractivity contribution is 9.10. The first-order valence-corrected chi connectivity index (χ1v) is 5.18. The van der Waals surface area contributed by atoms with E-state index in [9.17, 15) is 4.79 Å². The molecule has 1 aromatic carbocycles. The Morgan fingerprint density at radius 1 is 1.60 bits per heavy atom. The molecule has 1 heterocycles. The van der Waals surface area contributed by atoms with E-state index in [2.05, 4.69) is 31.8 Å². The molecule has 6 heteroatoms. The third-order valence-electron chi connectivity index (χ3n) is 2.21. The molecule has 0 aromatic heterocycles. The fourth-order valence-electron chi connectivity index (χ4n) is 1.39. The minimum absolute atomic E-state index is 0.585. The summed E-state index contributed by atoms with van der Waals surface area (Å²) in [6.45, 7) is 1.96. The molecule has 78 valence electrons. The van der Waals surface area contributed by atoms with Gasteiger partial charge >= 0.3 is 0 Å². The van der Waals surface area contributed by atoms with Gasteiger partial charge in [0.2, 0.25) is 6.17 Å². The van der Waals surface area contributed by atoms with Crippen LogP contribution in [0.15, 0.2) is 33.0 Å². The number of nitrogens with one attached hydrogen (secondary N) is 1. The Kier molecular flexibility index (Phi) is 2.68. The first-order valence-electron chi connectivity index (χ1n) is 4.39. The van der Waals surface area contributed by atoms with Gasteiger partial charge in [-0.25, -0.2) is 5.01 Å². The van der Waals surface area contributed by atoms with Crippen LogP contribution in [-0.4, -0.2) is 12.5 Å². The first kappa shape index (κ1) is 10.1. The summed E-state index contributed by atoms with van der Waals surface area (Å²) >= 11 is 3.43. The first-order chi connectivity index (χ1) is 7.24. The molecule has 0 aliphatic carbocycles. The van der Waals surface area contributed by atoms with Gasteiger partial charge in [-0.15, -0.1) is 5.11 Å². The van der Waals surface area contributed by atoms with E-state index in [-0.39, 0.29) is 0 Å². The Morgan fingerprint density at radius 3 is 3.13 bits per heavy atom. The summed E-state index contributed by atoms with van der Waals surface area (Å²) in [5.74, 6) is 0. The number of benzene rings is 1. The molecular weight excluding hydrogens is 260 g/mol. The van der Waals surface area contributed by atoms with Crippen molar-refractivity contribution < 1.29 is 4.79 Å². The molecular formula is C9H9BrN4O. The molecule has 1 atom stereocenters. The second-order valence-electron chi connectivity index (χ2n) is 3.12. The van der Waals surface area contributed by atoms with Crippen LogP contribution in [0, 0.1) is 6.92 Å². The number of hydrogen-bond donors (Lipinski definition) is 1. The molecule has 1 aliphatic rings. The van der Waals surface area contributed by atoms with Crippen molar-refractivity contribution in [1.29, 1.82) is 0 Å². The number of nitrogens with zero attached hydrogens (tertiary/aromatic N) is 3. The van der Waals surface area contributed by atoms with Gasteiger partial charge in [0.1, 0.15) is 0 Å². The zero-order valence-electron chi connectivity index (χ0n) is 8.01. The molecule has 1 aromatic rings. The lowest BCUT2D eigenvalue weighted by Gasteiger charge is -2.21. The lowest BCUT2D eigenvalue weighted by atomic mass is 10.2. The fourth-order valence-corrected chi connectivity index (χ4v) is 1.74. The van der Waals surface area contributed by atoms with Crippen molar-refractivity contribution in [3.05, 3.63) is 28.2 Å². The van der Waals surface area contributed by atoms with Crippen LogP contribution in [0.3, 0.4) is 0 Å². The normalized spacial score (nSPS) is 19.1. The molecule has 1 unspecified atom stereocenters. The lowest BCUT2D eigenvalue weighted by molar-refractivity contribution is -0.108. The zero-order valence-corrected chi connectivity index (χ0v) is 9.60. The van der Waals surface area contributed by atoms with E-state index in [0.29, 0.717) is 0 Å². The molecule has 1 N–H and O–H groups in total. The Morgan fingerprint density at radius 2 is 2.40 bits per heavy atom. The van der Waals surface area contributed by atoms with Crippen LogP contribution in [0.2, 0.25) is 0 Å². The van der Waals surface area contributed by atoms with Crippen molar-refractivity contribution in [2.45, 2.75) is 13.1 Å². The topological polar surface area (TPSA) is 57.1 Å². The Balaban J connectivity index is 2.38. The summed E-state index contributed by atoms with van der Waals surface area (Å²) in [6, 6.07) is 5.74. The fraction of sp³-hybridized carbons (Fsp3) is 0.222. The number of halogens is 1. The van der Waals surface area contributed by atoms with Crippen LogP contribution in [0.25, 0.3) is 0 Å². The number of carbonyl (C=O) groups excluding carboxylic acids is 1. The lowest BCUT2D eigenvalue weighted by Crippen LogP contribution is -2.38. The Bertz CT molecular complexity index is 421. The molecule has 0 amide bonds. The van der Waals surface area contributed by atoms with Crippen molar-refractivity contribution in [3.8, 4) is 0 Å².